The highest BCUT2D eigenvalue weighted by atomic mass is 35.5. The van der Waals surface area contributed by atoms with Gasteiger partial charge in [0.1, 0.15) is 18.0 Å². The summed E-state index contributed by atoms with van der Waals surface area (Å²) in [7, 11) is 2.78. The summed E-state index contributed by atoms with van der Waals surface area (Å²) in [5.41, 5.74) is 10.7. The van der Waals surface area contributed by atoms with E-state index in [9.17, 15) is 9.90 Å². The number of carbonyl (C=O) groups is 1. The van der Waals surface area contributed by atoms with Crippen LogP contribution in [-0.2, 0) is 15.1 Å². The van der Waals surface area contributed by atoms with E-state index in [0.29, 0.717) is 5.56 Å². The van der Waals surface area contributed by atoms with E-state index < -0.39 is 29.9 Å². The number of methoxy groups -OCH3 is 2. The third kappa shape index (κ3) is 3.48. The van der Waals surface area contributed by atoms with Gasteiger partial charge >= 0.3 is 0 Å². The zero-order valence-corrected chi connectivity index (χ0v) is 18.7. The lowest BCUT2D eigenvalue weighted by Crippen LogP contribution is -2.43. The molecule has 0 bridgehead atoms. The van der Waals surface area contributed by atoms with Crippen molar-refractivity contribution in [2.75, 3.05) is 20.8 Å². The standard InChI is InChI=1S/C23H23ClFN3O5/c1-31-15-7-5-11(21(27)30)16(19(15)25)17-13(24)6-8-14-18(17)20(29)23(10-26,33-14)12-4-3-9-28-22(12)32-2/h3-9,15,19-20,29H,10,26H2,1-2H3,(H2,27,30)/t15-,19?,20-,23+/m0/s1. The number of aliphatic hydroxyl groups is 1. The smallest absolute Gasteiger partial charge is 0.249 e. The van der Waals surface area contributed by atoms with Crippen LogP contribution in [0.25, 0.3) is 5.57 Å². The Morgan fingerprint density at radius 1 is 1.36 bits per heavy atom. The van der Waals surface area contributed by atoms with Gasteiger partial charge in [-0.05, 0) is 24.3 Å². The molecule has 1 amide bonds. The summed E-state index contributed by atoms with van der Waals surface area (Å²) in [6.07, 6.45) is 0.167. The van der Waals surface area contributed by atoms with E-state index in [2.05, 4.69) is 4.98 Å². The Hall–Kier alpha value is -2.98. The second kappa shape index (κ2) is 8.75. The third-order valence-electron chi connectivity index (χ3n) is 6.00. The minimum absolute atomic E-state index is 0.0810. The molecule has 0 radical (unpaired) electrons. The largest absolute Gasteiger partial charge is 0.481 e. The van der Waals surface area contributed by atoms with Gasteiger partial charge in [-0.15, -0.1) is 0 Å². The highest BCUT2D eigenvalue weighted by Crippen LogP contribution is 2.55. The van der Waals surface area contributed by atoms with Gasteiger partial charge in [0.15, 0.2) is 11.8 Å². The van der Waals surface area contributed by atoms with E-state index in [4.69, 9.17) is 37.3 Å². The number of hydrogen-bond donors (Lipinski definition) is 3. The van der Waals surface area contributed by atoms with E-state index in [1.54, 1.807) is 18.2 Å². The first-order valence-electron chi connectivity index (χ1n) is 10.1. The fourth-order valence-corrected chi connectivity index (χ4v) is 4.68. The number of carbonyl (C=O) groups excluding carboxylic acids is 1. The second-order valence-electron chi connectivity index (χ2n) is 7.65. The molecular weight excluding hydrogens is 453 g/mol. The number of aliphatic hydroxyl groups excluding tert-OH is 1. The molecule has 2 aliphatic rings. The molecule has 10 heteroatoms. The molecule has 5 N–H and O–H groups in total. The highest BCUT2D eigenvalue weighted by molar-refractivity contribution is 6.33. The molecule has 174 valence electrons. The molecule has 0 fully saturated rings. The fraction of sp³-hybridized carbons (Fsp3) is 0.304. The minimum atomic E-state index is -1.78. The van der Waals surface area contributed by atoms with Crippen molar-refractivity contribution in [1.82, 2.24) is 4.98 Å². The van der Waals surface area contributed by atoms with Gasteiger partial charge in [0.2, 0.25) is 11.8 Å². The number of pyridine rings is 1. The van der Waals surface area contributed by atoms with Crippen molar-refractivity contribution in [3.63, 3.8) is 0 Å². The fourth-order valence-electron chi connectivity index (χ4n) is 4.41. The van der Waals surface area contributed by atoms with Crippen LogP contribution >= 0.6 is 11.6 Å². The quantitative estimate of drug-likeness (QED) is 0.583. The molecule has 33 heavy (non-hydrogen) atoms. The second-order valence-corrected chi connectivity index (χ2v) is 8.05. The van der Waals surface area contributed by atoms with Gasteiger partial charge in [-0.2, -0.15) is 0 Å². The average molecular weight is 476 g/mol. The lowest BCUT2D eigenvalue weighted by Gasteiger charge is -2.32. The van der Waals surface area contributed by atoms with E-state index in [1.165, 1.54) is 38.6 Å². The minimum Gasteiger partial charge on any atom is -0.481 e. The van der Waals surface area contributed by atoms with Gasteiger partial charge in [0, 0.05) is 47.1 Å². The number of alkyl halides is 1. The van der Waals surface area contributed by atoms with Gasteiger partial charge in [-0.3, -0.25) is 4.79 Å². The predicted octanol–water partition coefficient (Wildman–Crippen LogP) is 2.19. The maximum Gasteiger partial charge on any atom is 0.249 e. The molecule has 4 rings (SSSR count). The Bertz CT molecular complexity index is 1170. The van der Waals surface area contributed by atoms with Crippen molar-refractivity contribution in [2.45, 2.75) is 24.0 Å². The van der Waals surface area contributed by atoms with Crippen LogP contribution in [0.2, 0.25) is 5.02 Å². The number of aromatic nitrogens is 1. The summed E-state index contributed by atoms with van der Waals surface area (Å²) < 4.78 is 32.4. The molecule has 0 saturated carbocycles. The SMILES string of the molecule is COc1ncccc1[C@@]1(CN)Oc2ccc(Cl)c(C3=C(C(N)=O)C=C[C@H](OC)C3F)c2[C@@H]1O. The molecule has 2 aromatic rings. The Morgan fingerprint density at radius 3 is 2.76 bits per heavy atom. The predicted molar refractivity (Wildman–Crippen MR) is 120 cm³/mol. The van der Waals surface area contributed by atoms with Crippen LogP contribution in [-0.4, -0.2) is 49.0 Å². The number of amides is 1. The molecule has 1 aliphatic carbocycles. The Kier molecular flexibility index (Phi) is 6.15. The molecule has 1 aliphatic heterocycles. The molecule has 4 atom stereocenters. The molecular formula is C23H23ClFN3O5. The van der Waals surface area contributed by atoms with Crippen molar-refractivity contribution >= 4 is 23.1 Å². The third-order valence-corrected chi connectivity index (χ3v) is 6.31. The lowest BCUT2D eigenvalue weighted by atomic mass is 9.80. The summed E-state index contributed by atoms with van der Waals surface area (Å²) >= 11 is 6.52. The normalized spacial score (nSPS) is 26.2. The van der Waals surface area contributed by atoms with E-state index in [1.807, 2.05) is 0 Å². The first-order valence-corrected chi connectivity index (χ1v) is 10.5. The number of benzene rings is 1. The van der Waals surface area contributed by atoms with Gasteiger partial charge in [0.05, 0.1) is 12.7 Å². The molecule has 0 spiro atoms. The van der Waals surface area contributed by atoms with Crippen molar-refractivity contribution in [3.05, 3.63) is 69.9 Å². The average Bonchev–Trinajstić information content (AvgIpc) is 3.11. The van der Waals surface area contributed by atoms with Crippen LogP contribution < -0.4 is 20.9 Å². The van der Waals surface area contributed by atoms with E-state index in [0.717, 1.165) is 0 Å². The molecule has 1 unspecified atom stereocenters. The lowest BCUT2D eigenvalue weighted by molar-refractivity contribution is -0.114. The topological polar surface area (TPSA) is 130 Å². The van der Waals surface area contributed by atoms with Gasteiger partial charge in [-0.25, -0.2) is 9.37 Å². The number of nitrogens with two attached hydrogens (primary N) is 2. The molecule has 1 aromatic carbocycles. The summed E-state index contributed by atoms with van der Waals surface area (Å²) in [6.45, 7) is -0.163. The van der Waals surface area contributed by atoms with Crippen LogP contribution in [0.4, 0.5) is 4.39 Å². The van der Waals surface area contributed by atoms with E-state index >= 15 is 4.39 Å². The summed E-state index contributed by atoms with van der Waals surface area (Å²) in [5, 5.41) is 11.7. The number of nitrogens with zero attached hydrogens (tertiary/aromatic N) is 1. The Morgan fingerprint density at radius 2 is 2.12 bits per heavy atom. The number of primary amides is 1. The number of rotatable bonds is 6. The number of hydrogen-bond acceptors (Lipinski definition) is 7. The maximum atomic E-state index is 15.6. The van der Waals surface area contributed by atoms with Crippen LogP contribution in [0.1, 0.15) is 22.8 Å². The Balaban J connectivity index is 1.98. The number of ether oxygens (including phenoxy) is 3. The van der Waals surface area contributed by atoms with Crippen LogP contribution in [0.3, 0.4) is 0 Å². The zero-order chi connectivity index (χ0) is 23.9. The molecule has 0 saturated heterocycles. The summed E-state index contributed by atoms with van der Waals surface area (Å²) in [5.74, 6) is -0.409. The van der Waals surface area contributed by atoms with Crippen molar-refractivity contribution < 1.29 is 28.5 Å². The molecule has 1 aromatic heterocycles. The van der Waals surface area contributed by atoms with Crippen LogP contribution in [0, 0.1) is 0 Å². The zero-order valence-electron chi connectivity index (χ0n) is 17.9. The maximum absolute atomic E-state index is 15.6. The van der Waals surface area contributed by atoms with Crippen molar-refractivity contribution in [2.24, 2.45) is 11.5 Å². The molecule has 2 heterocycles. The van der Waals surface area contributed by atoms with Gasteiger partial charge in [0.25, 0.3) is 0 Å². The van der Waals surface area contributed by atoms with Crippen molar-refractivity contribution in [1.29, 1.82) is 0 Å². The summed E-state index contributed by atoms with van der Waals surface area (Å²) in [4.78, 5) is 16.4. The van der Waals surface area contributed by atoms with Crippen molar-refractivity contribution in [3.8, 4) is 11.6 Å². The van der Waals surface area contributed by atoms with Gasteiger partial charge < -0.3 is 30.8 Å². The van der Waals surface area contributed by atoms with Gasteiger partial charge in [-0.1, -0.05) is 23.8 Å². The van der Waals surface area contributed by atoms with E-state index in [-0.39, 0.29) is 45.5 Å². The monoisotopic (exact) mass is 475 g/mol. The molecule has 8 nitrogen and oxygen atoms in total. The van der Waals surface area contributed by atoms with Crippen LogP contribution in [0.5, 0.6) is 11.6 Å². The summed E-state index contributed by atoms with van der Waals surface area (Å²) in [6, 6.07) is 6.37. The number of halogens is 2. The Labute approximate surface area is 194 Å². The first-order chi connectivity index (χ1) is 15.8. The first kappa shape index (κ1) is 23.2. The highest BCUT2D eigenvalue weighted by Gasteiger charge is 2.52. The number of fused-ring (bicyclic) bond motifs is 1. The van der Waals surface area contributed by atoms with Crippen LogP contribution in [0.15, 0.2) is 48.2 Å².